The molecule has 0 aliphatic carbocycles. The average Bonchev–Trinajstić information content (AvgIpc) is 3.54. The minimum absolute atomic E-state index is 0.260. The molecule has 0 saturated carbocycles. The number of nitrogens with one attached hydrogen (secondary N) is 2. The summed E-state index contributed by atoms with van der Waals surface area (Å²) >= 11 is 0. The van der Waals surface area contributed by atoms with Gasteiger partial charge in [0, 0.05) is 32.4 Å². The second-order valence-electron chi connectivity index (χ2n) is 10.6. The van der Waals surface area contributed by atoms with Gasteiger partial charge in [-0.05, 0) is 75.4 Å². The SMILES string of the molecule is COc1ccc(C[C@H]2NCC(OC(=O)OC(C)(C)C)[C@H]2OC(=O)NCc2ccnc(N3CCCC3)c2)cc1. The van der Waals surface area contributed by atoms with Crippen molar-refractivity contribution in [1.29, 1.82) is 0 Å². The van der Waals surface area contributed by atoms with Crippen LogP contribution in [0.25, 0.3) is 0 Å². The lowest BCUT2D eigenvalue weighted by Gasteiger charge is -2.26. The molecule has 2 saturated heterocycles. The van der Waals surface area contributed by atoms with Gasteiger partial charge < -0.3 is 34.5 Å². The molecule has 0 spiro atoms. The van der Waals surface area contributed by atoms with Crippen LogP contribution < -0.4 is 20.3 Å². The summed E-state index contributed by atoms with van der Waals surface area (Å²) in [6.07, 6.45) is 1.87. The van der Waals surface area contributed by atoms with Crippen LogP contribution in [0.2, 0.25) is 0 Å². The quantitative estimate of drug-likeness (QED) is 0.496. The fourth-order valence-corrected chi connectivity index (χ4v) is 4.66. The van der Waals surface area contributed by atoms with E-state index in [1.807, 2.05) is 36.4 Å². The standard InChI is InChI=1S/C28H38N4O6/c1-28(2,3)38-27(34)36-23-18-30-22(15-19-7-9-21(35-4)10-8-19)25(23)37-26(33)31-17-20-11-12-29-24(16-20)32-13-5-6-14-32/h7-12,16,22-23,25,30H,5-6,13-15,17-18H2,1-4H3,(H,31,33)/t22-,23?,25+/m1/s1. The number of rotatable bonds is 8. The molecule has 0 radical (unpaired) electrons. The molecule has 2 aliphatic heterocycles. The van der Waals surface area contributed by atoms with Gasteiger partial charge in [0.15, 0.2) is 12.2 Å². The number of methoxy groups -OCH3 is 1. The third kappa shape index (κ3) is 7.74. The maximum absolute atomic E-state index is 12.9. The molecule has 1 unspecified atom stereocenters. The van der Waals surface area contributed by atoms with Crippen LogP contribution in [0.3, 0.4) is 0 Å². The Morgan fingerprint density at radius 3 is 2.50 bits per heavy atom. The molecule has 3 atom stereocenters. The van der Waals surface area contributed by atoms with E-state index in [0.717, 1.165) is 48.6 Å². The van der Waals surface area contributed by atoms with E-state index in [4.69, 9.17) is 18.9 Å². The highest BCUT2D eigenvalue weighted by Gasteiger charge is 2.42. The van der Waals surface area contributed by atoms with Crippen molar-refractivity contribution >= 4 is 18.1 Å². The summed E-state index contributed by atoms with van der Waals surface area (Å²) in [5.74, 6) is 1.68. The third-order valence-corrected chi connectivity index (χ3v) is 6.52. The monoisotopic (exact) mass is 526 g/mol. The van der Waals surface area contributed by atoms with Gasteiger partial charge in [0.1, 0.15) is 17.2 Å². The van der Waals surface area contributed by atoms with Crippen LogP contribution in [0.1, 0.15) is 44.7 Å². The van der Waals surface area contributed by atoms with Gasteiger partial charge in [-0.3, -0.25) is 0 Å². The van der Waals surface area contributed by atoms with Gasteiger partial charge in [-0.1, -0.05) is 12.1 Å². The van der Waals surface area contributed by atoms with E-state index in [-0.39, 0.29) is 6.04 Å². The molecule has 3 heterocycles. The molecule has 0 bridgehead atoms. The van der Waals surface area contributed by atoms with Crippen LogP contribution in [0.5, 0.6) is 5.75 Å². The summed E-state index contributed by atoms with van der Waals surface area (Å²) < 4.78 is 22.0. The lowest BCUT2D eigenvalue weighted by molar-refractivity contribution is -0.0518. The number of nitrogens with zero attached hydrogens (tertiary/aromatic N) is 2. The van der Waals surface area contributed by atoms with Gasteiger partial charge in [0.05, 0.1) is 13.2 Å². The van der Waals surface area contributed by atoms with Crippen LogP contribution in [0.15, 0.2) is 42.6 Å². The van der Waals surface area contributed by atoms with E-state index in [0.29, 0.717) is 19.5 Å². The number of benzene rings is 1. The Balaban J connectivity index is 1.40. The summed E-state index contributed by atoms with van der Waals surface area (Å²) in [5, 5.41) is 6.17. The minimum atomic E-state index is -0.797. The van der Waals surface area contributed by atoms with Crippen molar-refractivity contribution in [1.82, 2.24) is 15.6 Å². The lowest BCUT2D eigenvalue weighted by atomic mass is 10.0. The fourth-order valence-electron chi connectivity index (χ4n) is 4.66. The number of hydrogen-bond donors (Lipinski definition) is 2. The second-order valence-corrected chi connectivity index (χ2v) is 10.6. The third-order valence-electron chi connectivity index (χ3n) is 6.52. The number of carbonyl (C=O) groups is 2. The number of ether oxygens (including phenoxy) is 4. The zero-order valence-corrected chi connectivity index (χ0v) is 22.6. The highest BCUT2D eigenvalue weighted by molar-refractivity contribution is 5.68. The van der Waals surface area contributed by atoms with Crippen LogP contribution in [-0.2, 0) is 27.2 Å². The van der Waals surface area contributed by atoms with Crippen LogP contribution in [-0.4, -0.2) is 67.8 Å². The van der Waals surface area contributed by atoms with Crippen molar-refractivity contribution in [2.75, 3.05) is 31.6 Å². The van der Waals surface area contributed by atoms with E-state index in [9.17, 15) is 9.59 Å². The maximum Gasteiger partial charge on any atom is 0.509 e. The second kappa shape index (κ2) is 12.3. The Morgan fingerprint density at radius 1 is 1.08 bits per heavy atom. The predicted molar refractivity (Wildman–Crippen MR) is 142 cm³/mol. The van der Waals surface area contributed by atoms with E-state index in [2.05, 4.69) is 20.5 Å². The molecule has 4 rings (SSSR count). The van der Waals surface area contributed by atoms with Gasteiger partial charge in [-0.25, -0.2) is 14.6 Å². The van der Waals surface area contributed by atoms with Gasteiger partial charge in [-0.15, -0.1) is 0 Å². The zero-order chi connectivity index (χ0) is 27.1. The molecular formula is C28H38N4O6. The summed E-state index contributed by atoms with van der Waals surface area (Å²) in [4.78, 5) is 32.0. The molecule has 1 aromatic heterocycles. The number of hydrogen-bond acceptors (Lipinski definition) is 9. The first-order valence-electron chi connectivity index (χ1n) is 13.1. The normalized spacial score (nSPS) is 21.2. The summed E-state index contributed by atoms with van der Waals surface area (Å²) in [6, 6.07) is 11.3. The molecule has 2 aliphatic rings. The summed E-state index contributed by atoms with van der Waals surface area (Å²) in [6.45, 7) is 7.92. The molecule has 2 N–H and O–H groups in total. The van der Waals surface area contributed by atoms with E-state index < -0.39 is 30.1 Å². The minimum Gasteiger partial charge on any atom is -0.497 e. The van der Waals surface area contributed by atoms with Crippen molar-refractivity contribution in [3.05, 3.63) is 53.7 Å². The number of amides is 1. The highest BCUT2D eigenvalue weighted by atomic mass is 16.7. The largest absolute Gasteiger partial charge is 0.509 e. The van der Waals surface area contributed by atoms with Crippen molar-refractivity contribution in [3.63, 3.8) is 0 Å². The van der Waals surface area contributed by atoms with Crippen molar-refractivity contribution in [2.45, 2.75) is 70.4 Å². The Hall–Kier alpha value is -3.53. The van der Waals surface area contributed by atoms with E-state index in [1.54, 1.807) is 34.1 Å². The molecule has 1 amide bonds. The lowest BCUT2D eigenvalue weighted by Crippen LogP contribution is -2.43. The number of anilines is 1. The first kappa shape index (κ1) is 27.5. The van der Waals surface area contributed by atoms with Crippen molar-refractivity contribution in [3.8, 4) is 5.75 Å². The Morgan fingerprint density at radius 2 is 1.82 bits per heavy atom. The first-order valence-corrected chi connectivity index (χ1v) is 13.1. The number of pyridine rings is 1. The van der Waals surface area contributed by atoms with Gasteiger partial charge >= 0.3 is 12.2 Å². The molecule has 38 heavy (non-hydrogen) atoms. The Labute approximate surface area is 224 Å². The average molecular weight is 527 g/mol. The molecule has 206 valence electrons. The predicted octanol–water partition coefficient (Wildman–Crippen LogP) is 3.82. The Bertz CT molecular complexity index is 1080. The highest BCUT2D eigenvalue weighted by Crippen LogP contribution is 2.23. The number of alkyl carbamates (subject to hydrolysis) is 1. The van der Waals surface area contributed by atoms with Crippen molar-refractivity contribution in [2.24, 2.45) is 0 Å². The van der Waals surface area contributed by atoms with Gasteiger partial charge in [-0.2, -0.15) is 0 Å². The summed E-state index contributed by atoms with van der Waals surface area (Å²) in [5.41, 5.74) is 1.26. The van der Waals surface area contributed by atoms with Gasteiger partial charge in [0.25, 0.3) is 0 Å². The molecule has 10 nitrogen and oxygen atoms in total. The molecule has 2 aromatic rings. The van der Waals surface area contributed by atoms with E-state index >= 15 is 0 Å². The molecular weight excluding hydrogens is 488 g/mol. The number of carbonyl (C=O) groups excluding carboxylic acids is 2. The van der Waals surface area contributed by atoms with Crippen molar-refractivity contribution < 1.29 is 28.5 Å². The molecule has 2 fully saturated rings. The number of aromatic nitrogens is 1. The van der Waals surface area contributed by atoms with Gasteiger partial charge in [0.2, 0.25) is 0 Å². The van der Waals surface area contributed by atoms with E-state index in [1.165, 1.54) is 0 Å². The Kier molecular flexibility index (Phi) is 8.93. The fraction of sp³-hybridized carbons (Fsp3) is 0.536. The smallest absolute Gasteiger partial charge is 0.497 e. The molecule has 1 aromatic carbocycles. The first-order chi connectivity index (χ1) is 18.2. The summed E-state index contributed by atoms with van der Waals surface area (Å²) in [7, 11) is 1.62. The van der Waals surface area contributed by atoms with Crippen LogP contribution in [0, 0.1) is 0 Å². The molecule has 10 heteroatoms. The maximum atomic E-state index is 12.9. The zero-order valence-electron chi connectivity index (χ0n) is 22.6. The topological polar surface area (TPSA) is 111 Å². The van der Waals surface area contributed by atoms with Crippen LogP contribution in [0.4, 0.5) is 15.4 Å². The van der Waals surface area contributed by atoms with Crippen LogP contribution >= 0.6 is 0 Å².